The maximum atomic E-state index is 12.3. The van der Waals surface area contributed by atoms with Crippen molar-refractivity contribution in [2.24, 2.45) is 10.7 Å². The first-order valence-electron chi connectivity index (χ1n) is 17.3. The topological polar surface area (TPSA) is 264 Å². The fraction of sp³-hybridized carbons (Fsp3) is 0.576. The number of hydrogen-bond acceptors (Lipinski definition) is 12. The molecule has 2 aromatic rings. The number of benzene rings is 1. The predicted molar refractivity (Wildman–Crippen MR) is 197 cm³/mol. The first kappa shape index (κ1) is 41.8. The van der Waals surface area contributed by atoms with Crippen LogP contribution < -0.4 is 48.5 Å². The minimum Gasteiger partial charge on any atom is -0.491 e. The number of carbonyl (C=O) groups is 3. The van der Waals surface area contributed by atoms with E-state index in [2.05, 4.69) is 41.5 Å². The molecular weight excluding hydrogens is 698 g/mol. The molecule has 11 N–H and O–H groups in total. The van der Waals surface area contributed by atoms with Gasteiger partial charge in [-0.2, -0.15) is 0 Å². The third kappa shape index (κ3) is 16.6. The summed E-state index contributed by atoms with van der Waals surface area (Å²) in [4.78, 5) is 48.4. The zero-order valence-electron chi connectivity index (χ0n) is 29.6. The maximum absolute atomic E-state index is 12.3. The fourth-order valence-electron chi connectivity index (χ4n) is 5.11. The standard InChI is InChI=1S/C33H52ClN11O7/c1-49-18-19-50-16-14-39-32(47)41-23-7-9-24(10-8-23)42-33(48)40-15-17-51-20-21-52-25-11-5-22(6-12-25)4-2-3-13-38-31(37)45-30(46)26-28(35)44-29(36)27(34)43-26/h5-6,11-12,23-24H,2-4,7-10,13-21H2,1H3,(H4,35,36,44)(H2,39,41,47)(H2,40,42,48)(H3,37,38,45,46). The van der Waals surface area contributed by atoms with E-state index >= 15 is 0 Å². The molecule has 1 aromatic heterocycles. The molecule has 1 heterocycles. The highest BCUT2D eigenvalue weighted by molar-refractivity contribution is 6.31. The minimum atomic E-state index is -0.680. The molecule has 0 spiro atoms. The van der Waals surface area contributed by atoms with Crippen LogP contribution in [0, 0.1) is 0 Å². The van der Waals surface area contributed by atoms with Gasteiger partial charge in [-0.25, -0.2) is 19.6 Å². The number of unbranched alkanes of at least 4 members (excludes halogenated alkanes) is 1. The van der Waals surface area contributed by atoms with Gasteiger partial charge in [0.25, 0.3) is 5.91 Å². The van der Waals surface area contributed by atoms with Crippen LogP contribution in [0.5, 0.6) is 5.75 Å². The number of amides is 5. The van der Waals surface area contributed by atoms with Crippen molar-refractivity contribution in [3.8, 4) is 5.75 Å². The van der Waals surface area contributed by atoms with Gasteiger partial charge in [0.1, 0.15) is 12.4 Å². The second-order valence-corrected chi connectivity index (χ2v) is 12.2. The maximum Gasteiger partial charge on any atom is 0.315 e. The Balaban J connectivity index is 1.16. The number of nitrogens with zero attached hydrogens (tertiary/aromatic N) is 3. The summed E-state index contributed by atoms with van der Waals surface area (Å²) in [5.41, 5.74) is 18.0. The molecular formula is C33H52ClN11O7. The number of nitrogen functional groups attached to an aromatic ring is 2. The summed E-state index contributed by atoms with van der Waals surface area (Å²) in [5.74, 6) is -0.243. The number of carbonyl (C=O) groups excluding carboxylic acids is 3. The van der Waals surface area contributed by atoms with E-state index < -0.39 is 5.91 Å². The van der Waals surface area contributed by atoms with E-state index in [-0.39, 0.29) is 52.6 Å². The zero-order chi connectivity index (χ0) is 37.6. The lowest BCUT2D eigenvalue weighted by Gasteiger charge is -2.29. The Hall–Kier alpha value is -4.65. The molecule has 1 aliphatic carbocycles. The third-order valence-corrected chi connectivity index (χ3v) is 8.11. The minimum absolute atomic E-state index is 0.0637. The molecule has 0 saturated heterocycles. The molecule has 0 atom stereocenters. The largest absolute Gasteiger partial charge is 0.491 e. The number of urea groups is 2. The van der Waals surface area contributed by atoms with Crippen LogP contribution in [0.15, 0.2) is 29.3 Å². The summed E-state index contributed by atoms with van der Waals surface area (Å²) < 4.78 is 21.6. The van der Waals surface area contributed by atoms with Crippen LogP contribution in [0.1, 0.15) is 54.6 Å². The SMILES string of the molecule is COCCOCCNC(=O)NC1CCC(NC(=O)NCCOCCOc2ccc(CCCCN=C(N)NC(=O)c3nc(Cl)c(N)nc3N)cc2)CC1. The van der Waals surface area contributed by atoms with E-state index in [4.69, 9.17) is 47.7 Å². The number of halogens is 1. The summed E-state index contributed by atoms with van der Waals surface area (Å²) in [6.45, 7) is 3.81. The molecule has 0 radical (unpaired) electrons. The number of hydrogen-bond donors (Lipinski definition) is 8. The Labute approximate surface area is 308 Å². The Kier molecular flexibility index (Phi) is 19.1. The van der Waals surface area contributed by atoms with Crippen molar-refractivity contribution in [3.05, 3.63) is 40.7 Å². The van der Waals surface area contributed by atoms with E-state index in [9.17, 15) is 14.4 Å². The Morgan fingerprint density at radius 3 is 2.02 bits per heavy atom. The van der Waals surface area contributed by atoms with Crippen LogP contribution in [-0.4, -0.2) is 112 Å². The van der Waals surface area contributed by atoms with Crippen molar-refractivity contribution >= 4 is 47.2 Å². The molecule has 5 amide bonds. The van der Waals surface area contributed by atoms with Crippen molar-refractivity contribution in [1.29, 1.82) is 0 Å². The molecule has 19 heteroatoms. The number of nitrogens with two attached hydrogens (primary N) is 3. The Morgan fingerprint density at radius 1 is 0.827 bits per heavy atom. The van der Waals surface area contributed by atoms with Gasteiger partial charge in [-0.05, 0) is 62.6 Å². The van der Waals surface area contributed by atoms with Crippen molar-refractivity contribution in [2.75, 3.05) is 77.9 Å². The van der Waals surface area contributed by atoms with Gasteiger partial charge in [0.2, 0.25) is 0 Å². The zero-order valence-corrected chi connectivity index (χ0v) is 30.3. The monoisotopic (exact) mass is 749 g/mol. The van der Waals surface area contributed by atoms with Gasteiger partial charge < -0.3 is 57.4 Å². The van der Waals surface area contributed by atoms with E-state index in [1.807, 2.05) is 24.3 Å². The predicted octanol–water partition coefficient (Wildman–Crippen LogP) is 1.33. The van der Waals surface area contributed by atoms with Crippen molar-refractivity contribution in [2.45, 2.75) is 57.0 Å². The van der Waals surface area contributed by atoms with Gasteiger partial charge in [0.15, 0.2) is 28.4 Å². The number of guanidine groups is 1. The Bertz CT molecular complexity index is 1430. The quantitative estimate of drug-likeness (QED) is 0.0511. The summed E-state index contributed by atoms with van der Waals surface area (Å²) in [6.07, 6.45) is 5.63. The average Bonchev–Trinajstić information content (AvgIpc) is 3.12. The lowest BCUT2D eigenvalue weighted by Crippen LogP contribution is -2.49. The van der Waals surface area contributed by atoms with E-state index in [0.717, 1.165) is 56.3 Å². The second-order valence-electron chi connectivity index (χ2n) is 11.9. The molecule has 1 aliphatic rings. The third-order valence-electron chi connectivity index (χ3n) is 7.83. The molecule has 1 saturated carbocycles. The number of nitrogens with one attached hydrogen (secondary N) is 5. The number of aliphatic imine (C=N–C) groups is 1. The summed E-state index contributed by atoms with van der Waals surface area (Å²) in [5, 5.41) is 13.9. The van der Waals surface area contributed by atoms with Gasteiger partial charge in [0, 0.05) is 38.8 Å². The van der Waals surface area contributed by atoms with E-state index in [0.29, 0.717) is 59.3 Å². The van der Waals surface area contributed by atoms with Gasteiger partial charge in [-0.1, -0.05) is 23.7 Å². The molecule has 52 heavy (non-hydrogen) atoms. The van der Waals surface area contributed by atoms with Crippen LogP contribution in [0.4, 0.5) is 21.2 Å². The molecule has 3 rings (SSSR count). The fourth-order valence-corrected chi connectivity index (χ4v) is 5.24. The average molecular weight is 750 g/mol. The summed E-state index contributed by atoms with van der Waals surface area (Å²) >= 11 is 5.81. The van der Waals surface area contributed by atoms with E-state index in [1.54, 1.807) is 7.11 Å². The van der Waals surface area contributed by atoms with Crippen LogP contribution in [-0.2, 0) is 20.6 Å². The molecule has 288 valence electrons. The number of rotatable bonds is 21. The molecule has 0 bridgehead atoms. The summed E-state index contributed by atoms with van der Waals surface area (Å²) in [7, 11) is 1.61. The van der Waals surface area contributed by atoms with Gasteiger partial charge in [0.05, 0.1) is 33.0 Å². The first-order chi connectivity index (χ1) is 25.1. The smallest absolute Gasteiger partial charge is 0.315 e. The molecule has 0 unspecified atom stereocenters. The van der Waals surface area contributed by atoms with Gasteiger partial charge in [-0.15, -0.1) is 0 Å². The highest BCUT2D eigenvalue weighted by atomic mass is 35.5. The van der Waals surface area contributed by atoms with Gasteiger partial charge >= 0.3 is 12.1 Å². The Morgan fingerprint density at radius 2 is 1.42 bits per heavy atom. The molecule has 1 aromatic carbocycles. The molecule has 18 nitrogen and oxygen atoms in total. The van der Waals surface area contributed by atoms with E-state index in [1.165, 1.54) is 0 Å². The first-order valence-corrected chi connectivity index (χ1v) is 17.7. The number of anilines is 2. The highest BCUT2D eigenvalue weighted by Crippen LogP contribution is 2.19. The number of ether oxygens (including phenoxy) is 4. The van der Waals surface area contributed by atoms with Crippen molar-refractivity contribution < 1.29 is 33.3 Å². The second kappa shape index (κ2) is 23.8. The van der Waals surface area contributed by atoms with Crippen LogP contribution in [0.3, 0.4) is 0 Å². The molecule has 0 aliphatic heterocycles. The van der Waals surface area contributed by atoms with Crippen LogP contribution in [0.2, 0.25) is 5.15 Å². The summed E-state index contributed by atoms with van der Waals surface area (Å²) in [6, 6.07) is 7.53. The van der Waals surface area contributed by atoms with Crippen molar-refractivity contribution in [1.82, 2.24) is 36.6 Å². The van der Waals surface area contributed by atoms with Crippen LogP contribution in [0.25, 0.3) is 0 Å². The van der Waals surface area contributed by atoms with Crippen LogP contribution >= 0.6 is 11.6 Å². The van der Waals surface area contributed by atoms with Crippen molar-refractivity contribution in [3.63, 3.8) is 0 Å². The highest BCUT2D eigenvalue weighted by Gasteiger charge is 2.23. The lowest BCUT2D eigenvalue weighted by atomic mass is 9.91. The normalized spacial score (nSPS) is 15.8. The van der Waals surface area contributed by atoms with Gasteiger partial charge in [-0.3, -0.25) is 15.1 Å². The lowest BCUT2D eigenvalue weighted by molar-refractivity contribution is 0.0726. The number of aryl methyl sites for hydroxylation is 1. The molecule has 1 fully saturated rings. The number of aromatic nitrogens is 2. The number of methoxy groups -OCH3 is 1.